The second kappa shape index (κ2) is 5.81. The van der Waals surface area contributed by atoms with Crippen molar-refractivity contribution in [3.63, 3.8) is 0 Å². The average Bonchev–Trinajstić information content (AvgIpc) is 2.28. The van der Waals surface area contributed by atoms with Crippen LogP contribution in [0.3, 0.4) is 0 Å². The Morgan fingerprint density at radius 2 is 1.89 bits per heavy atom. The summed E-state index contributed by atoms with van der Waals surface area (Å²) in [5, 5.41) is 0.363. The van der Waals surface area contributed by atoms with Crippen LogP contribution >= 0.6 is 27.5 Å². The van der Waals surface area contributed by atoms with Crippen LogP contribution in [0.2, 0.25) is 5.02 Å². The van der Waals surface area contributed by atoms with Gasteiger partial charge in [-0.25, -0.2) is 8.78 Å². The van der Waals surface area contributed by atoms with E-state index in [-0.39, 0.29) is 16.5 Å². The normalized spacial score (nSPS) is 12.4. The zero-order valence-electron chi connectivity index (χ0n) is 9.34. The van der Waals surface area contributed by atoms with Crippen molar-refractivity contribution in [1.29, 1.82) is 0 Å². The SMILES string of the molecule is Fc1cccc(CC(Br)c2ccc(Cl)cc2F)c1. The van der Waals surface area contributed by atoms with Crippen LogP contribution in [0, 0.1) is 11.6 Å². The van der Waals surface area contributed by atoms with Crippen molar-refractivity contribution >= 4 is 27.5 Å². The van der Waals surface area contributed by atoms with E-state index in [9.17, 15) is 8.78 Å². The van der Waals surface area contributed by atoms with Gasteiger partial charge in [-0.05, 0) is 36.2 Å². The third-order valence-corrected chi connectivity index (χ3v) is 3.66. The molecule has 0 N–H and O–H groups in total. The summed E-state index contributed by atoms with van der Waals surface area (Å²) in [6.07, 6.45) is 0.510. The summed E-state index contributed by atoms with van der Waals surface area (Å²) in [5.74, 6) is -0.649. The molecule has 0 radical (unpaired) electrons. The third-order valence-electron chi connectivity index (χ3n) is 2.60. The number of hydrogen-bond acceptors (Lipinski definition) is 0. The minimum absolute atomic E-state index is 0.212. The van der Waals surface area contributed by atoms with Gasteiger partial charge in [0.05, 0.1) is 0 Å². The van der Waals surface area contributed by atoms with Crippen molar-refractivity contribution < 1.29 is 8.78 Å². The second-order valence-corrected chi connectivity index (χ2v) is 5.51. The van der Waals surface area contributed by atoms with Gasteiger partial charge >= 0.3 is 0 Å². The van der Waals surface area contributed by atoms with Gasteiger partial charge in [0.25, 0.3) is 0 Å². The van der Waals surface area contributed by atoms with Gasteiger partial charge in [0.2, 0.25) is 0 Å². The first-order valence-corrected chi connectivity index (χ1v) is 6.69. The van der Waals surface area contributed by atoms with Crippen LogP contribution < -0.4 is 0 Å². The number of benzene rings is 2. The maximum atomic E-state index is 13.7. The highest BCUT2D eigenvalue weighted by Crippen LogP contribution is 2.30. The molecular weight excluding hydrogens is 322 g/mol. The Morgan fingerprint density at radius 1 is 1.11 bits per heavy atom. The quantitative estimate of drug-likeness (QED) is 0.670. The van der Waals surface area contributed by atoms with E-state index in [2.05, 4.69) is 15.9 Å². The molecule has 4 heteroatoms. The Balaban J connectivity index is 2.19. The summed E-state index contributed by atoms with van der Waals surface area (Å²) in [7, 11) is 0. The molecule has 0 aliphatic carbocycles. The zero-order valence-corrected chi connectivity index (χ0v) is 11.7. The lowest BCUT2D eigenvalue weighted by Gasteiger charge is -2.11. The molecule has 0 amide bonds. The molecule has 1 atom stereocenters. The molecule has 1 unspecified atom stereocenters. The lowest BCUT2D eigenvalue weighted by Crippen LogP contribution is -1.99. The molecule has 0 heterocycles. The van der Waals surface area contributed by atoms with Crippen LogP contribution in [0.5, 0.6) is 0 Å². The van der Waals surface area contributed by atoms with Crippen LogP contribution in [0.1, 0.15) is 16.0 Å². The van der Waals surface area contributed by atoms with Crippen LogP contribution in [-0.4, -0.2) is 0 Å². The van der Waals surface area contributed by atoms with Crippen molar-refractivity contribution in [3.8, 4) is 0 Å². The van der Waals surface area contributed by atoms with E-state index < -0.39 is 0 Å². The molecule has 0 saturated carbocycles. The summed E-state index contributed by atoms with van der Waals surface area (Å²) in [6, 6.07) is 10.8. The van der Waals surface area contributed by atoms with E-state index in [1.807, 2.05) is 6.07 Å². The van der Waals surface area contributed by atoms with Crippen molar-refractivity contribution in [3.05, 3.63) is 70.2 Å². The first-order chi connectivity index (χ1) is 8.56. The maximum absolute atomic E-state index is 13.7. The molecule has 0 aliphatic heterocycles. The predicted octanol–water partition coefficient (Wildman–Crippen LogP) is 5.30. The smallest absolute Gasteiger partial charge is 0.129 e. The van der Waals surface area contributed by atoms with Crippen molar-refractivity contribution in [1.82, 2.24) is 0 Å². The molecule has 2 aromatic carbocycles. The molecule has 2 aromatic rings. The molecule has 0 bridgehead atoms. The van der Waals surface area contributed by atoms with Crippen molar-refractivity contribution in [2.24, 2.45) is 0 Å². The second-order valence-electron chi connectivity index (χ2n) is 3.97. The Bertz CT molecular complexity index is 557. The molecule has 2 rings (SSSR count). The highest BCUT2D eigenvalue weighted by Gasteiger charge is 2.13. The van der Waals surface area contributed by atoms with Crippen molar-refractivity contribution in [2.45, 2.75) is 11.2 Å². The summed E-state index contributed by atoms with van der Waals surface area (Å²) in [5.41, 5.74) is 1.33. The fourth-order valence-electron chi connectivity index (χ4n) is 1.74. The highest BCUT2D eigenvalue weighted by atomic mass is 79.9. The predicted molar refractivity (Wildman–Crippen MR) is 73.2 cm³/mol. The largest absolute Gasteiger partial charge is 0.207 e. The van der Waals surface area contributed by atoms with Gasteiger partial charge in [-0.1, -0.05) is 45.7 Å². The van der Waals surface area contributed by atoms with E-state index >= 15 is 0 Å². The number of rotatable bonds is 3. The lowest BCUT2D eigenvalue weighted by atomic mass is 10.0. The van der Waals surface area contributed by atoms with E-state index in [0.29, 0.717) is 17.0 Å². The van der Waals surface area contributed by atoms with Gasteiger partial charge in [-0.3, -0.25) is 0 Å². The fourth-order valence-corrected chi connectivity index (χ4v) is 2.64. The van der Waals surface area contributed by atoms with Crippen LogP contribution in [0.25, 0.3) is 0 Å². The third kappa shape index (κ3) is 3.30. The van der Waals surface area contributed by atoms with E-state index in [4.69, 9.17) is 11.6 Å². The standard InChI is InChI=1S/C14H10BrClF2/c15-13(7-9-2-1-3-11(17)6-9)12-5-4-10(16)8-14(12)18/h1-6,8,13H,7H2. The van der Waals surface area contributed by atoms with Gasteiger partial charge < -0.3 is 0 Å². The maximum Gasteiger partial charge on any atom is 0.129 e. The average molecular weight is 332 g/mol. The van der Waals surface area contributed by atoms with Crippen molar-refractivity contribution in [2.75, 3.05) is 0 Å². The molecule has 0 spiro atoms. The zero-order chi connectivity index (χ0) is 13.1. The first kappa shape index (κ1) is 13.5. The molecule has 0 nitrogen and oxygen atoms in total. The first-order valence-electron chi connectivity index (χ1n) is 5.40. The van der Waals surface area contributed by atoms with Crippen LogP contribution in [-0.2, 0) is 6.42 Å². The Labute approximate surface area is 118 Å². The van der Waals surface area contributed by atoms with Gasteiger partial charge in [0, 0.05) is 15.4 Å². The summed E-state index contributed by atoms with van der Waals surface area (Å²) in [4.78, 5) is -0.212. The number of alkyl halides is 1. The van der Waals surface area contributed by atoms with Crippen LogP contribution in [0.15, 0.2) is 42.5 Å². The molecule has 94 valence electrons. The molecular formula is C14H10BrClF2. The summed E-state index contributed by atoms with van der Waals surface area (Å²) < 4.78 is 26.7. The van der Waals surface area contributed by atoms with E-state index in [0.717, 1.165) is 5.56 Å². The Hall–Kier alpha value is -0.930. The summed E-state index contributed by atoms with van der Waals surface area (Å²) >= 11 is 9.11. The molecule has 0 fully saturated rings. The Kier molecular flexibility index (Phi) is 4.36. The highest BCUT2D eigenvalue weighted by molar-refractivity contribution is 9.09. The van der Waals surface area contributed by atoms with Gasteiger partial charge in [0.15, 0.2) is 0 Å². The van der Waals surface area contributed by atoms with Gasteiger partial charge in [0.1, 0.15) is 11.6 Å². The number of hydrogen-bond donors (Lipinski definition) is 0. The topological polar surface area (TPSA) is 0 Å². The molecule has 18 heavy (non-hydrogen) atoms. The van der Waals surface area contributed by atoms with Gasteiger partial charge in [-0.2, -0.15) is 0 Å². The Morgan fingerprint density at radius 3 is 2.56 bits per heavy atom. The molecule has 0 saturated heterocycles. The van der Waals surface area contributed by atoms with Crippen LogP contribution in [0.4, 0.5) is 8.78 Å². The number of halogens is 4. The monoisotopic (exact) mass is 330 g/mol. The van der Waals surface area contributed by atoms with E-state index in [1.54, 1.807) is 18.2 Å². The van der Waals surface area contributed by atoms with E-state index in [1.165, 1.54) is 18.2 Å². The lowest BCUT2D eigenvalue weighted by molar-refractivity contribution is 0.607. The summed E-state index contributed by atoms with van der Waals surface area (Å²) in [6.45, 7) is 0. The fraction of sp³-hybridized carbons (Fsp3) is 0.143. The van der Waals surface area contributed by atoms with Gasteiger partial charge in [-0.15, -0.1) is 0 Å². The molecule has 0 aromatic heterocycles. The minimum Gasteiger partial charge on any atom is -0.207 e. The molecule has 0 aliphatic rings. The minimum atomic E-state index is -0.360.